The zero-order chi connectivity index (χ0) is 17.6. The van der Waals surface area contributed by atoms with Crippen LogP contribution in [0.1, 0.15) is 35.3 Å². The van der Waals surface area contributed by atoms with E-state index in [0.717, 1.165) is 18.5 Å². The molecule has 130 valence electrons. The molecule has 1 aliphatic rings. The van der Waals surface area contributed by atoms with Gasteiger partial charge in [-0.3, -0.25) is 14.6 Å². The number of benzene rings is 1. The predicted molar refractivity (Wildman–Crippen MR) is 95.8 cm³/mol. The molecule has 0 aliphatic carbocycles. The van der Waals surface area contributed by atoms with Crippen LogP contribution >= 0.6 is 0 Å². The summed E-state index contributed by atoms with van der Waals surface area (Å²) < 4.78 is 0. The number of carbonyl (C=O) groups is 2. The topological polar surface area (TPSA) is 53.5 Å². The molecule has 3 rings (SSSR count). The minimum Gasteiger partial charge on any atom is -0.338 e. The zero-order valence-electron chi connectivity index (χ0n) is 14.5. The Morgan fingerprint density at radius 2 is 1.88 bits per heavy atom. The van der Waals surface area contributed by atoms with Crippen molar-refractivity contribution in [2.75, 3.05) is 13.6 Å². The van der Waals surface area contributed by atoms with Crippen molar-refractivity contribution in [3.63, 3.8) is 0 Å². The van der Waals surface area contributed by atoms with Crippen molar-refractivity contribution in [3.8, 4) is 0 Å². The summed E-state index contributed by atoms with van der Waals surface area (Å²) in [4.78, 5) is 33.5. The number of piperidine rings is 1. The van der Waals surface area contributed by atoms with E-state index in [1.54, 1.807) is 35.2 Å². The van der Waals surface area contributed by atoms with Gasteiger partial charge in [0.1, 0.15) is 6.04 Å². The minimum atomic E-state index is -0.393. The van der Waals surface area contributed by atoms with Crippen LogP contribution in [0.3, 0.4) is 0 Å². The smallest absolute Gasteiger partial charge is 0.254 e. The summed E-state index contributed by atoms with van der Waals surface area (Å²) in [6.45, 7) is 1.07. The van der Waals surface area contributed by atoms with Gasteiger partial charge in [0, 0.05) is 25.4 Å². The normalized spacial score (nSPS) is 17.2. The number of pyridine rings is 1. The quantitative estimate of drug-likeness (QED) is 0.862. The van der Waals surface area contributed by atoms with E-state index in [4.69, 9.17) is 0 Å². The van der Waals surface area contributed by atoms with Crippen LogP contribution in [0.2, 0.25) is 0 Å². The lowest BCUT2D eigenvalue weighted by Crippen LogP contribution is -2.52. The van der Waals surface area contributed by atoms with Gasteiger partial charge in [-0.05, 0) is 43.5 Å². The Labute approximate surface area is 148 Å². The number of carbonyl (C=O) groups excluding carboxylic acids is 2. The van der Waals surface area contributed by atoms with E-state index in [1.165, 1.54) is 0 Å². The molecule has 5 heteroatoms. The highest BCUT2D eigenvalue weighted by Gasteiger charge is 2.34. The maximum atomic E-state index is 13.0. The molecule has 0 saturated carbocycles. The second-order valence-corrected chi connectivity index (χ2v) is 6.39. The fourth-order valence-electron chi connectivity index (χ4n) is 3.24. The van der Waals surface area contributed by atoms with Gasteiger partial charge in [-0.25, -0.2) is 0 Å². The number of rotatable bonds is 4. The SMILES string of the molecule is CN(Cc1ccccn1)C(=O)[C@H]1CCCCN1C(=O)c1ccccc1. The predicted octanol–water partition coefficient (Wildman–Crippen LogP) is 2.73. The molecule has 1 fully saturated rings. The molecule has 0 bridgehead atoms. The highest BCUT2D eigenvalue weighted by molar-refractivity contribution is 5.97. The van der Waals surface area contributed by atoms with Gasteiger partial charge >= 0.3 is 0 Å². The summed E-state index contributed by atoms with van der Waals surface area (Å²) in [6, 6.07) is 14.5. The largest absolute Gasteiger partial charge is 0.338 e. The zero-order valence-corrected chi connectivity index (χ0v) is 14.5. The van der Waals surface area contributed by atoms with Crippen molar-refractivity contribution in [2.24, 2.45) is 0 Å². The molecule has 2 aromatic rings. The van der Waals surface area contributed by atoms with Crippen molar-refractivity contribution in [1.29, 1.82) is 0 Å². The highest BCUT2D eigenvalue weighted by atomic mass is 16.2. The van der Waals surface area contributed by atoms with Crippen molar-refractivity contribution >= 4 is 11.8 Å². The fraction of sp³-hybridized carbons (Fsp3) is 0.350. The number of nitrogens with zero attached hydrogens (tertiary/aromatic N) is 3. The van der Waals surface area contributed by atoms with Crippen LogP contribution in [0.15, 0.2) is 54.7 Å². The minimum absolute atomic E-state index is 0.0189. The molecule has 0 spiro atoms. The molecule has 1 atom stereocenters. The molecule has 1 aromatic heterocycles. The fourth-order valence-corrected chi connectivity index (χ4v) is 3.24. The first-order chi connectivity index (χ1) is 12.2. The standard InChI is InChI=1S/C20H23N3O2/c1-22(15-17-11-5-7-13-21-17)20(25)18-12-6-8-14-23(18)19(24)16-9-3-2-4-10-16/h2-5,7,9-11,13,18H,6,8,12,14-15H2,1H3/t18-/m1/s1. The number of likely N-dealkylation sites (N-methyl/N-ethyl adjacent to an activating group) is 1. The van der Waals surface area contributed by atoms with Gasteiger partial charge in [-0.15, -0.1) is 0 Å². The van der Waals surface area contributed by atoms with Crippen LogP contribution in [-0.4, -0.2) is 46.2 Å². The first-order valence-corrected chi connectivity index (χ1v) is 8.67. The van der Waals surface area contributed by atoms with E-state index in [9.17, 15) is 9.59 Å². The van der Waals surface area contributed by atoms with E-state index in [2.05, 4.69) is 4.98 Å². The third kappa shape index (κ3) is 4.05. The molecule has 25 heavy (non-hydrogen) atoms. The van der Waals surface area contributed by atoms with Gasteiger partial charge in [-0.1, -0.05) is 24.3 Å². The van der Waals surface area contributed by atoms with Gasteiger partial charge in [-0.2, -0.15) is 0 Å². The maximum Gasteiger partial charge on any atom is 0.254 e. The monoisotopic (exact) mass is 337 g/mol. The summed E-state index contributed by atoms with van der Waals surface area (Å²) in [6.07, 6.45) is 4.34. The first-order valence-electron chi connectivity index (χ1n) is 8.67. The maximum absolute atomic E-state index is 13.0. The lowest BCUT2D eigenvalue weighted by molar-refractivity contribution is -0.136. The van der Waals surface area contributed by atoms with Gasteiger partial charge in [0.05, 0.1) is 12.2 Å². The lowest BCUT2D eigenvalue weighted by Gasteiger charge is -2.36. The van der Waals surface area contributed by atoms with Crippen molar-refractivity contribution < 1.29 is 9.59 Å². The number of amides is 2. The summed E-state index contributed by atoms with van der Waals surface area (Å²) in [5, 5.41) is 0. The van der Waals surface area contributed by atoms with Crippen LogP contribution in [0.4, 0.5) is 0 Å². The van der Waals surface area contributed by atoms with Crippen molar-refractivity contribution in [2.45, 2.75) is 31.8 Å². The molecule has 2 heterocycles. The molecule has 1 aromatic carbocycles. The molecule has 0 radical (unpaired) electrons. The van der Waals surface area contributed by atoms with Crippen LogP contribution in [0.5, 0.6) is 0 Å². The van der Waals surface area contributed by atoms with E-state index >= 15 is 0 Å². The number of aromatic nitrogens is 1. The Morgan fingerprint density at radius 3 is 2.60 bits per heavy atom. The van der Waals surface area contributed by atoms with E-state index in [1.807, 2.05) is 36.4 Å². The average molecular weight is 337 g/mol. The summed E-state index contributed by atoms with van der Waals surface area (Å²) >= 11 is 0. The molecular weight excluding hydrogens is 314 g/mol. The van der Waals surface area contributed by atoms with Crippen LogP contribution < -0.4 is 0 Å². The van der Waals surface area contributed by atoms with Gasteiger partial charge in [0.25, 0.3) is 5.91 Å². The summed E-state index contributed by atoms with van der Waals surface area (Å²) in [7, 11) is 1.77. The number of likely N-dealkylation sites (tertiary alicyclic amines) is 1. The molecule has 1 saturated heterocycles. The Kier molecular flexibility index (Phi) is 5.43. The summed E-state index contributed by atoms with van der Waals surface area (Å²) in [5.74, 6) is -0.0838. The number of hydrogen-bond donors (Lipinski definition) is 0. The van der Waals surface area contributed by atoms with Crippen molar-refractivity contribution in [1.82, 2.24) is 14.8 Å². The van der Waals surface area contributed by atoms with Gasteiger partial charge in [0.15, 0.2) is 0 Å². The lowest BCUT2D eigenvalue weighted by atomic mass is 9.99. The Balaban J connectivity index is 1.73. The van der Waals surface area contributed by atoms with E-state index in [0.29, 0.717) is 25.1 Å². The third-order valence-corrected chi connectivity index (χ3v) is 4.57. The van der Waals surface area contributed by atoms with Gasteiger partial charge in [0.2, 0.25) is 5.91 Å². The van der Waals surface area contributed by atoms with Gasteiger partial charge < -0.3 is 9.80 Å². The molecule has 2 amide bonds. The van der Waals surface area contributed by atoms with Crippen molar-refractivity contribution in [3.05, 3.63) is 66.0 Å². The molecule has 0 unspecified atom stereocenters. The third-order valence-electron chi connectivity index (χ3n) is 4.57. The highest BCUT2D eigenvalue weighted by Crippen LogP contribution is 2.21. The average Bonchev–Trinajstić information content (AvgIpc) is 2.68. The van der Waals surface area contributed by atoms with E-state index < -0.39 is 6.04 Å². The Bertz CT molecular complexity index is 718. The Morgan fingerprint density at radius 1 is 1.12 bits per heavy atom. The molecule has 0 N–H and O–H groups in total. The second kappa shape index (κ2) is 7.92. The van der Waals surface area contributed by atoms with Crippen LogP contribution in [-0.2, 0) is 11.3 Å². The molecule has 1 aliphatic heterocycles. The summed E-state index contributed by atoms with van der Waals surface area (Å²) in [5.41, 5.74) is 1.48. The van der Waals surface area contributed by atoms with Crippen LogP contribution in [0, 0.1) is 0 Å². The molecule has 5 nitrogen and oxygen atoms in total. The van der Waals surface area contributed by atoms with Crippen LogP contribution in [0.25, 0.3) is 0 Å². The number of hydrogen-bond acceptors (Lipinski definition) is 3. The first kappa shape index (κ1) is 17.1. The Hall–Kier alpha value is -2.69. The van der Waals surface area contributed by atoms with E-state index in [-0.39, 0.29) is 11.8 Å². The molecular formula is C20H23N3O2. The second-order valence-electron chi connectivity index (χ2n) is 6.39.